The molecule has 0 bridgehead atoms. The monoisotopic (exact) mass is 465 g/mol. The molecule has 0 unspecified atom stereocenters. The summed E-state index contributed by atoms with van der Waals surface area (Å²) in [5.41, 5.74) is 2.77. The molecule has 3 aromatic carbocycles. The van der Waals surface area contributed by atoms with Gasteiger partial charge < -0.3 is 5.11 Å². The Morgan fingerprint density at radius 1 is 1.13 bits per heavy atom. The minimum atomic E-state index is -3.83. The van der Waals surface area contributed by atoms with Gasteiger partial charge in [-0.15, -0.1) is 0 Å². The lowest BCUT2D eigenvalue weighted by molar-refractivity contribution is -0.119. The second-order valence-corrected chi connectivity index (χ2v) is 9.05. The quantitative estimate of drug-likeness (QED) is 0.427. The average Bonchev–Trinajstić information content (AvgIpc) is 2.69. The van der Waals surface area contributed by atoms with Gasteiger partial charge in [0, 0.05) is 5.56 Å². The molecule has 0 aliphatic heterocycles. The van der Waals surface area contributed by atoms with E-state index in [1.165, 1.54) is 30.5 Å². The summed E-state index contributed by atoms with van der Waals surface area (Å²) in [6.07, 6.45) is 2.25. The Kier molecular flexibility index (Phi) is 6.50. The van der Waals surface area contributed by atoms with Gasteiger partial charge in [-0.1, -0.05) is 59.6 Å². The Hall–Kier alpha value is -2.81. The minimum absolute atomic E-state index is 0.00447. The van der Waals surface area contributed by atoms with Gasteiger partial charge in [0.25, 0.3) is 5.91 Å². The van der Waals surface area contributed by atoms with Crippen molar-refractivity contribution in [2.45, 2.75) is 0 Å². The fourth-order valence-corrected chi connectivity index (χ4v) is 4.13. The number of hydrazone groups is 1. The van der Waals surface area contributed by atoms with Gasteiger partial charge in [0.15, 0.2) is 0 Å². The van der Waals surface area contributed by atoms with Crippen LogP contribution in [0.15, 0.2) is 59.7 Å². The number of aromatic hydroxyl groups is 1. The first-order valence-electron chi connectivity index (χ1n) is 8.63. The average molecular weight is 466 g/mol. The highest BCUT2D eigenvalue weighted by Gasteiger charge is 2.23. The largest absolute Gasteiger partial charge is 0.507 e. The maximum absolute atomic E-state index is 12.3. The Labute approximate surface area is 183 Å². The number of fused-ring (bicyclic) bond motifs is 1. The maximum atomic E-state index is 12.3. The maximum Gasteiger partial charge on any atom is 0.260 e. The standard InChI is InChI=1S/C20H17Cl2N3O4S/c1-30(28,29)25(17-8-4-7-16(21)20(17)22)12-19(27)24-23-11-15-14-6-3-2-5-13(14)9-10-18(15)26/h2-11,26H,12H2,1H3,(H,24,27)/b23-11-. The lowest BCUT2D eigenvalue weighted by atomic mass is 10.0. The predicted octanol–water partition coefficient (Wildman–Crippen LogP) is 3.77. The summed E-state index contributed by atoms with van der Waals surface area (Å²) in [5.74, 6) is -0.706. The lowest BCUT2D eigenvalue weighted by Crippen LogP contribution is -2.39. The molecule has 7 nitrogen and oxygen atoms in total. The summed E-state index contributed by atoms with van der Waals surface area (Å²) in [6, 6.07) is 15.1. The van der Waals surface area contributed by atoms with Gasteiger partial charge in [-0.3, -0.25) is 9.10 Å². The van der Waals surface area contributed by atoms with Gasteiger partial charge in [0.05, 0.1) is 28.2 Å². The zero-order chi connectivity index (χ0) is 21.9. The molecule has 0 atom stereocenters. The summed E-state index contributed by atoms with van der Waals surface area (Å²) in [6.45, 7) is -0.558. The van der Waals surface area contributed by atoms with Crippen molar-refractivity contribution in [1.29, 1.82) is 0 Å². The molecule has 0 aliphatic rings. The number of phenolic OH excluding ortho intramolecular Hbond substituents is 1. The third-order valence-corrected chi connectivity index (χ3v) is 6.15. The normalized spacial score (nSPS) is 11.7. The number of amides is 1. The molecule has 0 aliphatic carbocycles. The number of carbonyl (C=O) groups is 1. The van der Waals surface area contributed by atoms with E-state index in [1.54, 1.807) is 6.07 Å². The van der Waals surface area contributed by atoms with Crippen LogP contribution in [0.5, 0.6) is 5.75 Å². The number of sulfonamides is 1. The number of carbonyl (C=O) groups excluding carboxylic acids is 1. The van der Waals surface area contributed by atoms with Gasteiger partial charge in [-0.05, 0) is 29.0 Å². The van der Waals surface area contributed by atoms with E-state index in [0.717, 1.165) is 21.3 Å². The SMILES string of the molecule is CS(=O)(=O)N(CC(=O)N/N=C\c1c(O)ccc2ccccc12)c1cccc(Cl)c1Cl. The smallest absolute Gasteiger partial charge is 0.260 e. The first kappa shape index (κ1) is 21.9. The molecule has 10 heteroatoms. The number of hydrogen-bond acceptors (Lipinski definition) is 5. The third-order valence-electron chi connectivity index (χ3n) is 4.22. The van der Waals surface area contributed by atoms with Crippen LogP contribution in [0.25, 0.3) is 10.8 Å². The van der Waals surface area contributed by atoms with Crippen LogP contribution in [0, 0.1) is 0 Å². The number of nitrogens with one attached hydrogen (secondary N) is 1. The molecule has 30 heavy (non-hydrogen) atoms. The molecular weight excluding hydrogens is 449 g/mol. The van der Waals surface area contributed by atoms with Crippen molar-refractivity contribution in [3.05, 3.63) is 70.2 Å². The van der Waals surface area contributed by atoms with Crippen LogP contribution in [-0.4, -0.2) is 38.4 Å². The first-order valence-corrected chi connectivity index (χ1v) is 11.2. The molecule has 0 saturated heterocycles. The number of hydrogen-bond donors (Lipinski definition) is 2. The third kappa shape index (κ3) is 4.84. The zero-order valence-corrected chi connectivity index (χ0v) is 18.0. The Balaban J connectivity index is 1.81. The van der Waals surface area contributed by atoms with Crippen LogP contribution in [0.2, 0.25) is 10.0 Å². The number of rotatable bonds is 6. The Bertz CT molecular complexity index is 1250. The number of halogens is 2. The molecule has 3 rings (SSSR count). The van der Waals surface area contributed by atoms with Crippen molar-refractivity contribution in [3.63, 3.8) is 0 Å². The Morgan fingerprint density at radius 3 is 2.60 bits per heavy atom. The first-order chi connectivity index (χ1) is 14.2. The van der Waals surface area contributed by atoms with Crippen molar-refractivity contribution < 1.29 is 18.3 Å². The molecule has 156 valence electrons. The van der Waals surface area contributed by atoms with E-state index in [-0.39, 0.29) is 21.5 Å². The van der Waals surface area contributed by atoms with E-state index >= 15 is 0 Å². The molecule has 0 fully saturated rings. The number of benzene rings is 3. The lowest BCUT2D eigenvalue weighted by Gasteiger charge is -2.22. The molecule has 3 aromatic rings. The van der Waals surface area contributed by atoms with Crippen LogP contribution in [0.1, 0.15) is 5.56 Å². The van der Waals surface area contributed by atoms with Crippen LogP contribution in [0.4, 0.5) is 5.69 Å². The van der Waals surface area contributed by atoms with E-state index in [1.807, 2.05) is 24.3 Å². The van der Waals surface area contributed by atoms with Gasteiger partial charge in [-0.25, -0.2) is 13.8 Å². The van der Waals surface area contributed by atoms with Crippen LogP contribution < -0.4 is 9.73 Å². The topological polar surface area (TPSA) is 99.1 Å². The van der Waals surface area contributed by atoms with Crippen LogP contribution >= 0.6 is 23.2 Å². The highest BCUT2D eigenvalue weighted by Crippen LogP contribution is 2.33. The second kappa shape index (κ2) is 8.91. The van der Waals surface area contributed by atoms with Crippen LogP contribution in [0.3, 0.4) is 0 Å². The van der Waals surface area contributed by atoms with Crippen molar-refractivity contribution in [3.8, 4) is 5.75 Å². The number of nitrogens with zero attached hydrogens (tertiary/aromatic N) is 2. The van der Waals surface area contributed by atoms with Gasteiger partial charge in [0.1, 0.15) is 12.3 Å². The van der Waals surface area contributed by atoms with Gasteiger partial charge in [0.2, 0.25) is 10.0 Å². The molecule has 0 aromatic heterocycles. The second-order valence-electron chi connectivity index (χ2n) is 6.36. The molecule has 0 heterocycles. The van der Waals surface area contributed by atoms with Crippen molar-refractivity contribution in [2.75, 3.05) is 17.1 Å². The highest BCUT2D eigenvalue weighted by atomic mass is 35.5. The van der Waals surface area contributed by atoms with E-state index in [0.29, 0.717) is 5.56 Å². The number of phenols is 1. The molecule has 2 N–H and O–H groups in total. The summed E-state index contributed by atoms with van der Waals surface area (Å²) >= 11 is 12.1. The highest BCUT2D eigenvalue weighted by molar-refractivity contribution is 7.92. The van der Waals surface area contributed by atoms with Gasteiger partial charge in [-0.2, -0.15) is 5.10 Å². The van der Waals surface area contributed by atoms with Gasteiger partial charge >= 0.3 is 0 Å². The van der Waals surface area contributed by atoms with Crippen LogP contribution in [-0.2, 0) is 14.8 Å². The number of anilines is 1. The summed E-state index contributed by atoms with van der Waals surface area (Å²) in [5, 5.41) is 15.8. The molecule has 0 saturated carbocycles. The van der Waals surface area contributed by atoms with E-state index in [4.69, 9.17) is 23.2 Å². The van der Waals surface area contributed by atoms with Crippen molar-refractivity contribution >= 4 is 61.8 Å². The van der Waals surface area contributed by atoms with E-state index < -0.39 is 22.5 Å². The fraction of sp³-hybridized carbons (Fsp3) is 0.100. The van der Waals surface area contributed by atoms with Crippen molar-refractivity contribution in [1.82, 2.24) is 5.43 Å². The van der Waals surface area contributed by atoms with E-state index in [9.17, 15) is 18.3 Å². The summed E-state index contributed by atoms with van der Waals surface area (Å²) in [4.78, 5) is 12.3. The summed E-state index contributed by atoms with van der Waals surface area (Å²) in [7, 11) is -3.83. The molecule has 0 spiro atoms. The van der Waals surface area contributed by atoms with E-state index in [2.05, 4.69) is 10.5 Å². The zero-order valence-electron chi connectivity index (χ0n) is 15.7. The predicted molar refractivity (Wildman–Crippen MR) is 120 cm³/mol. The molecular formula is C20H17Cl2N3O4S. The molecule has 0 radical (unpaired) electrons. The Morgan fingerprint density at radius 2 is 1.87 bits per heavy atom. The molecule has 1 amide bonds. The summed E-state index contributed by atoms with van der Waals surface area (Å²) < 4.78 is 25.2. The van der Waals surface area contributed by atoms with Crippen molar-refractivity contribution in [2.24, 2.45) is 5.10 Å². The minimum Gasteiger partial charge on any atom is -0.507 e. The fourth-order valence-electron chi connectivity index (χ4n) is 2.82.